The highest BCUT2D eigenvalue weighted by atomic mass is 16.3. The molecule has 2 unspecified atom stereocenters. The number of hydrogen-bond acceptors (Lipinski definition) is 5. The summed E-state index contributed by atoms with van der Waals surface area (Å²) in [7, 11) is 0. The van der Waals surface area contributed by atoms with Crippen LogP contribution in [0.15, 0.2) is 0 Å². The number of aliphatic hydroxyl groups excluding tert-OH is 3. The number of hydrogen-bond donors (Lipinski definition) is 4. The molecule has 186 valence electrons. The van der Waals surface area contributed by atoms with Crippen LogP contribution in [0.2, 0.25) is 0 Å². The first kappa shape index (κ1) is 30.5. The minimum atomic E-state index is -1.44. The summed E-state index contributed by atoms with van der Waals surface area (Å²) in [6.07, 6.45) is 17.4. The van der Waals surface area contributed by atoms with Gasteiger partial charge in [-0.3, -0.25) is 4.79 Å². The molecule has 0 saturated heterocycles. The van der Waals surface area contributed by atoms with E-state index >= 15 is 0 Å². The second kappa shape index (κ2) is 21.4. The molecule has 0 aliphatic heterocycles. The number of unbranched alkanes of at least 4 members (excludes halogenated alkanes) is 15. The molecule has 0 aliphatic carbocycles. The number of nitrogens with two attached hydrogens (primary N) is 1. The molecule has 4 atom stereocenters. The normalized spacial score (nSPS) is 15.5. The van der Waals surface area contributed by atoms with Crippen LogP contribution < -0.4 is 5.73 Å². The highest BCUT2D eigenvalue weighted by molar-refractivity contribution is 5.86. The van der Waals surface area contributed by atoms with E-state index in [4.69, 9.17) is 5.73 Å². The molecule has 0 rings (SSSR count). The average molecular weight is 444 g/mol. The van der Waals surface area contributed by atoms with Crippen LogP contribution in [-0.2, 0) is 4.79 Å². The number of carbonyl (C=O) groups is 1. The number of aliphatic hydroxyl groups is 3. The topological polar surface area (TPSA) is 104 Å². The molecule has 0 bridgehead atoms. The first-order valence-electron chi connectivity index (χ1n) is 13.3. The summed E-state index contributed by atoms with van der Waals surface area (Å²) in [5, 5.41) is 30.4. The van der Waals surface area contributed by atoms with Gasteiger partial charge in [-0.2, -0.15) is 0 Å². The predicted molar refractivity (Wildman–Crippen MR) is 130 cm³/mol. The summed E-state index contributed by atoms with van der Waals surface area (Å²) in [4.78, 5) is 12.5. The number of carbonyl (C=O) groups excluding carboxylic acids is 1. The van der Waals surface area contributed by atoms with E-state index in [9.17, 15) is 20.1 Å². The maximum atomic E-state index is 12.5. The molecular formula is C26H53NO4. The Morgan fingerprint density at radius 3 is 1.39 bits per heavy atom. The standard InChI is InChI=1S/C26H53NO4/c1-3-5-7-9-10-11-12-13-14-15-16-17-19-20-22(28)24(26(27)31)25(30)23(29)21-18-8-6-4-2/h22-24,26,28-29,31H,3-21,27H2,1-2H3/t22-,23?,24-,26?/m1/s1. The monoisotopic (exact) mass is 443 g/mol. The Morgan fingerprint density at radius 1 is 0.613 bits per heavy atom. The quantitative estimate of drug-likeness (QED) is 0.121. The molecule has 0 spiro atoms. The van der Waals surface area contributed by atoms with Crippen LogP contribution in [0.5, 0.6) is 0 Å². The van der Waals surface area contributed by atoms with Gasteiger partial charge in [0.1, 0.15) is 12.3 Å². The Balaban J connectivity index is 3.88. The lowest BCUT2D eigenvalue weighted by molar-refractivity contribution is -0.140. The summed E-state index contributed by atoms with van der Waals surface area (Å²) in [5.41, 5.74) is 5.56. The molecule has 31 heavy (non-hydrogen) atoms. The first-order chi connectivity index (χ1) is 15.0. The van der Waals surface area contributed by atoms with Crippen molar-refractivity contribution in [3.8, 4) is 0 Å². The summed E-state index contributed by atoms with van der Waals surface area (Å²) in [6, 6.07) is 0. The Kier molecular flexibility index (Phi) is 21.0. The third-order valence-corrected chi connectivity index (χ3v) is 6.37. The number of Topliss-reactive ketones (excluding diaryl/α,β-unsaturated/α-hetero) is 1. The van der Waals surface area contributed by atoms with E-state index in [0.29, 0.717) is 12.8 Å². The summed E-state index contributed by atoms with van der Waals surface area (Å²) in [6.45, 7) is 4.36. The van der Waals surface area contributed by atoms with Crippen LogP contribution in [0.1, 0.15) is 136 Å². The van der Waals surface area contributed by atoms with E-state index < -0.39 is 30.1 Å². The molecule has 5 heteroatoms. The van der Waals surface area contributed by atoms with Gasteiger partial charge in [-0.15, -0.1) is 0 Å². The second-order valence-electron chi connectivity index (χ2n) is 9.38. The Hall–Kier alpha value is -0.490. The van der Waals surface area contributed by atoms with Gasteiger partial charge in [-0.05, 0) is 12.8 Å². The molecule has 0 saturated carbocycles. The molecule has 0 fully saturated rings. The summed E-state index contributed by atoms with van der Waals surface area (Å²) >= 11 is 0. The third kappa shape index (κ3) is 16.8. The van der Waals surface area contributed by atoms with Crippen LogP contribution in [-0.4, -0.2) is 39.5 Å². The van der Waals surface area contributed by atoms with Gasteiger partial charge in [0, 0.05) is 0 Å². The Bertz CT molecular complexity index is 403. The largest absolute Gasteiger partial charge is 0.392 e. The maximum Gasteiger partial charge on any atom is 0.170 e. The average Bonchev–Trinajstić information content (AvgIpc) is 2.74. The fourth-order valence-electron chi connectivity index (χ4n) is 4.27. The van der Waals surface area contributed by atoms with Crippen molar-refractivity contribution in [1.29, 1.82) is 0 Å². The number of rotatable bonds is 23. The molecule has 0 aromatic heterocycles. The van der Waals surface area contributed by atoms with Crippen LogP contribution in [0.4, 0.5) is 0 Å². The van der Waals surface area contributed by atoms with Crippen LogP contribution >= 0.6 is 0 Å². The van der Waals surface area contributed by atoms with Crippen molar-refractivity contribution in [1.82, 2.24) is 0 Å². The smallest absolute Gasteiger partial charge is 0.170 e. The van der Waals surface area contributed by atoms with E-state index in [1.54, 1.807) is 0 Å². The first-order valence-corrected chi connectivity index (χ1v) is 13.3. The molecule has 0 aliphatic rings. The molecule has 0 aromatic rings. The Morgan fingerprint density at radius 2 is 0.968 bits per heavy atom. The molecule has 0 heterocycles. The van der Waals surface area contributed by atoms with Gasteiger partial charge in [-0.1, -0.05) is 123 Å². The van der Waals surface area contributed by atoms with E-state index in [-0.39, 0.29) is 0 Å². The van der Waals surface area contributed by atoms with Crippen LogP contribution in [0.3, 0.4) is 0 Å². The lowest BCUT2D eigenvalue weighted by Crippen LogP contribution is -2.47. The molecular weight excluding hydrogens is 390 g/mol. The molecule has 0 aromatic carbocycles. The zero-order valence-corrected chi connectivity index (χ0v) is 20.6. The predicted octanol–water partition coefficient (Wildman–Crippen LogP) is 5.62. The SMILES string of the molecule is CCCCCCCCCCCCCCC[C@@H](O)[C@H](C(=O)C(O)CCCCCC)C(N)O. The van der Waals surface area contributed by atoms with Crippen molar-refractivity contribution in [3.05, 3.63) is 0 Å². The van der Waals surface area contributed by atoms with Crippen molar-refractivity contribution >= 4 is 5.78 Å². The minimum absolute atomic E-state index is 0.369. The van der Waals surface area contributed by atoms with E-state index in [1.165, 1.54) is 64.2 Å². The second-order valence-corrected chi connectivity index (χ2v) is 9.38. The lowest BCUT2D eigenvalue weighted by Gasteiger charge is -2.26. The van der Waals surface area contributed by atoms with Gasteiger partial charge >= 0.3 is 0 Å². The van der Waals surface area contributed by atoms with E-state index in [0.717, 1.165) is 44.9 Å². The molecule has 0 radical (unpaired) electrons. The Labute approximate surface area is 192 Å². The van der Waals surface area contributed by atoms with Crippen molar-refractivity contribution in [3.63, 3.8) is 0 Å². The van der Waals surface area contributed by atoms with E-state index in [1.807, 2.05) is 0 Å². The zero-order chi connectivity index (χ0) is 23.3. The maximum absolute atomic E-state index is 12.5. The van der Waals surface area contributed by atoms with Gasteiger partial charge in [0.2, 0.25) is 0 Å². The van der Waals surface area contributed by atoms with Gasteiger partial charge < -0.3 is 21.1 Å². The van der Waals surface area contributed by atoms with Crippen LogP contribution in [0, 0.1) is 5.92 Å². The van der Waals surface area contributed by atoms with Gasteiger partial charge in [0.25, 0.3) is 0 Å². The molecule has 0 amide bonds. The van der Waals surface area contributed by atoms with Crippen molar-refractivity contribution < 1.29 is 20.1 Å². The zero-order valence-electron chi connectivity index (χ0n) is 20.6. The van der Waals surface area contributed by atoms with Crippen molar-refractivity contribution in [2.45, 2.75) is 154 Å². The van der Waals surface area contributed by atoms with Gasteiger partial charge in [0.05, 0.1) is 12.0 Å². The van der Waals surface area contributed by atoms with Crippen molar-refractivity contribution in [2.24, 2.45) is 11.7 Å². The fraction of sp³-hybridized carbons (Fsp3) is 0.962. The number of ketones is 1. The highest BCUT2D eigenvalue weighted by Gasteiger charge is 2.34. The highest BCUT2D eigenvalue weighted by Crippen LogP contribution is 2.20. The van der Waals surface area contributed by atoms with E-state index in [2.05, 4.69) is 13.8 Å². The molecule has 5 nitrogen and oxygen atoms in total. The van der Waals surface area contributed by atoms with Gasteiger partial charge in [-0.25, -0.2) is 0 Å². The third-order valence-electron chi connectivity index (χ3n) is 6.37. The van der Waals surface area contributed by atoms with Crippen molar-refractivity contribution in [2.75, 3.05) is 0 Å². The summed E-state index contributed by atoms with van der Waals surface area (Å²) in [5.74, 6) is -1.62. The van der Waals surface area contributed by atoms with Crippen LogP contribution in [0.25, 0.3) is 0 Å². The lowest BCUT2D eigenvalue weighted by atomic mass is 9.87. The minimum Gasteiger partial charge on any atom is -0.392 e. The molecule has 5 N–H and O–H groups in total. The fourth-order valence-corrected chi connectivity index (χ4v) is 4.27. The van der Waals surface area contributed by atoms with Gasteiger partial charge in [0.15, 0.2) is 5.78 Å². The summed E-state index contributed by atoms with van der Waals surface area (Å²) < 4.78 is 0.